The van der Waals surface area contributed by atoms with Crippen molar-refractivity contribution in [1.82, 2.24) is 10.1 Å². The summed E-state index contributed by atoms with van der Waals surface area (Å²) in [4.78, 5) is 14.5. The Morgan fingerprint density at radius 3 is 3.00 bits per heavy atom. The second-order valence-electron chi connectivity index (χ2n) is 6.39. The molecule has 1 aliphatic heterocycles. The number of aromatic nitrogens is 1. The van der Waals surface area contributed by atoms with Crippen LogP contribution in [0.5, 0.6) is 5.75 Å². The largest absolute Gasteiger partial charge is 0.496 e. The molecule has 1 atom stereocenters. The smallest absolute Gasteiger partial charge is 0.276 e. The van der Waals surface area contributed by atoms with Crippen molar-refractivity contribution >= 4 is 5.91 Å². The summed E-state index contributed by atoms with van der Waals surface area (Å²) in [7, 11) is 3.27. The molecule has 6 heteroatoms. The predicted molar refractivity (Wildman–Crippen MR) is 92.5 cm³/mol. The Morgan fingerprint density at radius 1 is 1.36 bits per heavy atom. The van der Waals surface area contributed by atoms with Crippen LogP contribution < -0.4 is 4.74 Å². The quantitative estimate of drug-likeness (QED) is 0.806. The fourth-order valence-electron chi connectivity index (χ4n) is 3.38. The second kappa shape index (κ2) is 8.16. The number of hydrogen-bond acceptors (Lipinski definition) is 5. The Hall–Kier alpha value is -2.34. The van der Waals surface area contributed by atoms with Gasteiger partial charge in [0.25, 0.3) is 5.91 Å². The summed E-state index contributed by atoms with van der Waals surface area (Å²) in [5.74, 6) is 1.82. The molecular formula is C19H24N2O4. The van der Waals surface area contributed by atoms with Crippen LogP contribution in [0.2, 0.25) is 0 Å². The zero-order valence-electron chi connectivity index (χ0n) is 14.7. The molecule has 0 radical (unpaired) electrons. The molecule has 0 aliphatic carbocycles. The summed E-state index contributed by atoms with van der Waals surface area (Å²) in [6, 6.07) is 9.73. The van der Waals surface area contributed by atoms with Gasteiger partial charge in [-0.25, -0.2) is 0 Å². The lowest BCUT2D eigenvalue weighted by Gasteiger charge is -2.32. The monoisotopic (exact) mass is 344 g/mol. The van der Waals surface area contributed by atoms with E-state index >= 15 is 0 Å². The topological polar surface area (TPSA) is 64.8 Å². The van der Waals surface area contributed by atoms with E-state index in [-0.39, 0.29) is 5.91 Å². The number of piperidine rings is 1. The van der Waals surface area contributed by atoms with Gasteiger partial charge in [0, 0.05) is 26.3 Å². The number of rotatable bonds is 6. The highest BCUT2D eigenvalue weighted by Crippen LogP contribution is 2.26. The van der Waals surface area contributed by atoms with E-state index in [1.165, 1.54) is 5.56 Å². The minimum atomic E-state index is -0.0733. The van der Waals surface area contributed by atoms with Gasteiger partial charge in [0.15, 0.2) is 11.5 Å². The van der Waals surface area contributed by atoms with Gasteiger partial charge >= 0.3 is 0 Å². The van der Waals surface area contributed by atoms with E-state index in [1.807, 2.05) is 23.1 Å². The van der Waals surface area contributed by atoms with Crippen LogP contribution in [0.1, 0.15) is 34.7 Å². The number of nitrogens with zero attached hydrogens (tertiary/aromatic N) is 2. The average molecular weight is 344 g/mol. The van der Waals surface area contributed by atoms with Crippen molar-refractivity contribution in [2.75, 3.05) is 27.3 Å². The van der Waals surface area contributed by atoms with Crippen LogP contribution in [-0.4, -0.2) is 43.3 Å². The van der Waals surface area contributed by atoms with Gasteiger partial charge in [-0.1, -0.05) is 23.4 Å². The standard InChI is InChI=1S/C19H24N2O4/c1-23-13-16-11-17(20-25-16)19(22)21-9-5-6-14(12-21)10-15-7-3-4-8-18(15)24-2/h3-4,7-8,11,14H,5-6,9-10,12-13H2,1-2H3/t14-/m0/s1. The molecule has 25 heavy (non-hydrogen) atoms. The lowest BCUT2D eigenvalue weighted by atomic mass is 9.90. The van der Waals surface area contributed by atoms with Crippen LogP contribution in [0.4, 0.5) is 0 Å². The lowest BCUT2D eigenvalue weighted by Crippen LogP contribution is -2.40. The molecular weight excluding hydrogens is 320 g/mol. The van der Waals surface area contributed by atoms with Gasteiger partial charge in [-0.15, -0.1) is 0 Å². The molecule has 6 nitrogen and oxygen atoms in total. The molecule has 1 fully saturated rings. The first-order chi connectivity index (χ1) is 12.2. The van der Waals surface area contributed by atoms with Crippen molar-refractivity contribution in [3.63, 3.8) is 0 Å². The van der Waals surface area contributed by atoms with Crippen molar-refractivity contribution in [2.24, 2.45) is 5.92 Å². The highest BCUT2D eigenvalue weighted by atomic mass is 16.5. The van der Waals surface area contributed by atoms with E-state index in [9.17, 15) is 4.79 Å². The minimum Gasteiger partial charge on any atom is -0.496 e. The fourth-order valence-corrected chi connectivity index (χ4v) is 3.38. The van der Waals surface area contributed by atoms with Gasteiger partial charge in [0.05, 0.1) is 7.11 Å². The molecule has 2 aromatic rings. The van der Waals surface area contributed by atoms with Crippen molar-refractivity contribution in [3.05, 3.63) is 47.3 Å². The molecule has 0 bridgehead atoms. The molecule has 0 saturated carbocycles. The summed E-state index contributed by atoms with van der Waals surface area (Å²) in [6.45, 7) is 1.80. The zero-order chi connectivity index (χ0) is 17.6. The van der Waals surface area contributed by atoms with Crippen molar-refractivity contribution in [1.29, 1.82) is 0 Å². The van der Waals surface area contributed by atoms with Crippen LogP contribution in [0.15, 0.2) is 34.9 Å². The lowest BCUT2D eigenvalue weighted by molar-refractivity contribution is 0.0662. The maximum atomic E-state index is 12.7. The molecule has 2 heterocycles. The van der Waals surface area contributed by atoms with E-state index in [0.29, 0.717) is 24.0 Å². The molecule has 0 unspecified atom stereocenters. The Morgan fingerprint density at radius 2 is 2.20 bits per heavy atom. The summed E-state index contributed by atoms with van der Waals surface area (Å²) in [6.07, 6.45) is 3.01. The molecule has 0 spiro atoms. The molecule has 1 aromatic heterocycles. The predicted octanol–water partition coefficient (Wildman–Crippen LogP) is 2.92. The Labute approximate surface area is 147 Å². The highest BCUT2D eigenvalue weighted by Gasteiger charge is 2.27. The third-order valence-electron chi connectivity index (χ3n) is 4.57. The summed E-state index contributed by atoms with van der Waals surface area (Å²) >= 11 is 0. The molecule has 1 aromatic carbocycles. The minimum absolute atomic E-state index is 0.0733. The normalized spacial score (nSPS) is 17.5. The number of ether oxygens (including phenoxy) is 2. The molecule has 3 rings (SSSR count). The Kier molecular flexibility index (Phi) is 5.71. The number of carbonyl (C=O) groups excluding carboxylic acids is 1. The SMILES string of the molecule is COCc1cc(C(=O)N2CCC[C@@H](Cc3ccccc3OC)C2)no1. The maximum absolute atomic E-state index is 12.7. The molecule has 1 aliphatic rings. The fraction of sp³-hybridized carbons (Fsp3) is 0.474. The first-order valence-corrected chi connectivity index (χ1v) is 8.57. The van der Waals surface area contributed by atoms with E-state index < -0.39 is 0 Å². The molecule has 134 valence electrons. The Balaban J connectivity index is 1.65. The number of carbonyl (C=O) groups is 1. The van der Waals surface area contributed by atoms with Crippen LogP contribution in [-0.2, 0) is 17.8 Å². The van der Waals surface area contributed by atoms with Crippen LogP contribution >= 0.6 is 0 Å². The summed E-state index contributed by atoms with van der Waals surface area (Å²) < 4.78 is 15.6. The summed E-state index contributed by atoms with van der Waals surface area (Å²) in [5.41, 5.74) is 1.54. The zero-order valence-corrected chi connectivity index (χ0v) is 14.7. The highest BCUT2D eigenvalue weighted by molar-refractivity contribution is 5.92. The van der Waals surface area contributed by atoms with E-state index in [4.69, 9.17) is 14.0 Å². The van der Waals surface area contributed by atoms with Gasteiger partial charge in [0.1, 0.15) is 12.4 Å². The first-order valence-electron chi connectivity index (χ1n) is 8.57. The molecule has 0 N–H and O–H groups in total. The van der Waals surface area contributed by atoms with Crippen LogP contribution in [0, 0.1) is 5.92 Å². The van der Waals surface area contributed by atoms with Crippen LogP contribution in [0.25, 0.3) is 0 Å². The molecule has 1 saturated heterocycles. The second-order valence-corrected chi connectivity index (χ2v) is 6.39. The maximum Gasteiger partial charge on any atom is 0.276 e. The van der Waals surface area contributed by atoms with E-state index in [0.717, 1.165) is 38.1 Å². The van der Waals surface area contributed by atoms with Crippen LogP contribution in [0.3, 0.4) is 0 Å². The number of likely N-dealkylation sites (tertiary alicyclic amines) is 1. The first kappa shape index (κ1) is 17.5. The van der Waals surface area contributed by atoms with E-state index in [2.05, 4.69) is 11.2 Å². The third kappa shape index (κ3) is 4.20. The number of methoxy groups -OCH3 is 2. The van der Waals surface area contributed by atoms with Gasteiger partial charge in [-0.2, -0.15) is 0 Å². The van der Waals surface area contributed by atoms with E-state index in [1.54, 1.807) is 20.3 Å². The molecule has 1 amide bonds. The third-order valence-corrected chi connectivity index (χ3v) is 4.57. The van der Waals surface area contributed by atoms with Crippen molar-refractivity contribution in [3.8, 4) is 5.75 Å². The van der Waals surface area contributed by atoms with Gasteiger partial charge in [0.2, 0.25) is 0 Å². The average Bonchev–Trinajstić information content (AvgIpc) is 3.11. The van der Waals surface area contributed by atoms with Gasteiger partial charge in [-0.3, -0.25) is 4.79 Å². The van der Waals surface area contributed by atoms with Crippen molar-refractivity contribution < 1.29 is 18.8 Å². The van der Waals surface area contributed by atoms with Gasteiger partial charge < -0.3 is 18.9 Å². The Bertz CT molecular complexity index is 713. The number of hydrogen-bond donors (Lipinski definition) is 0. The number of amides is 1. The summed E-state index contributed by atoms with van der Waals surface area (Å²) in [5, 5.41) is 3.88. The number of benzene rings is 1. The van der Waals surface area contributed by atoms with Gasteiger partial charge in [-0.05, 0) is 36.8 Å². The number of para-hydroxylation sites is 1. The van der Waals surface area contributed by atoms with Crippen molar-refractivity contribution in [2.45, 2.75) is 25.9 Å².